The van der Waals surface area contributed by atoms with Gasteiger partial charge < -0.3 is 4.74 Å². The summed E-state index contributed by atoms with van der Waals surface area (Å²) in [5.41, 5.74) is 4.75. The molecule has 0 saturated heterocycles. The van der Waals surface area contributed by atoms with E-state index in [2.05, 4.69) is 26.5 Å². The summed E-state index contributed by atoms with van der Waals surface area (Å²) in [4.78, 5) is 12.3. The number of hydrazone groups is 1. The molecule has 4 nitrogen and oxygen atoms in total. The average molecular weight is 375 g/mol. The van der Waals surface area contributed by atoms with Gasteiger partial charge in [-0.15, -0.1) is 0 Å². The Hall–Kier alpha value is -2.14. The lowest BCUT2D eigenvalue weighted by atomic mass is 10.1. The third kappa shape index (κ3) is 4.93. The van der Waals surface area contributed by atoms with Crippen molar-refractivity contribution in [3.8, 4) is 5.75 Å². The number of nitrogens with one attached hydrogen (secondary N) is 1. The Balaban J connectivity index is 2.10. The number of hydrogen-bond donors (Lipinski definition) is 1. The first-order chi connectivity index (χ1) is 11.1. The van der Waals surface area contributed by atoms with Crippen LogP contribution >= 0.6 is 15.9 Å². The minimum atomic E-state index is -0.284. The first-order valence-electron chi connectivity index (χ1n) is 7.44. The van der Waals surface area contributed by atoms with Gasteiger partial charge in [0.2, 0.25) is 0 Å². The SMILES string of the molecule is CCCOc1ccccc1C(=O)NN=C(C)c1ccc(Br)cc1. The molecule has 1 N–H and O–H groups in total. The van der Waals surface area contributed by atoms with Crippen molar-refractivity contribution < 1.29 is 9.53 Å². The number of nitrogens with zero attached hydrogens (tertiary/aromatic N) is 1. The fourth-order valence-electron chi connectivity index (χ4n) is 1.94. The van der Waals surface area contributed by atoms with Crippen LogP contribution in [0.15, 0.2) is 58.1 Å². The normalized spacial score (nSPS) is 11.2. The van der Waals surface area contributed by atoms with Gasteiger partial charge in [0.25, 0.3) is 5.91 Å². The maximum atomic E-state index is 12.3. The molecule has 0 saturated carbocycles. The largest absolute Gasteiger partial charge is 0.493 e. The topological polar surface area (TPSA) is 50.7 Å². The van der Waals surface area contributed by atoms with Crippen molar-refractivity contribution in [1.29, 1.82) is 0 Å². The molecule has 1 amide bonds. The average Bonchev–Trinajstić information content (AvgIpc) is 2.58. The number of hydrogen-bond acceptors (Lipinski definition) is 3. The quantitative estimate of drug-likeness (QED) is 0.601. The summed E-state index contributed by atoms with van der Waals surface area (Å²) in [7, 11) is 0. The van der Waals surface area contributed by atoms with E-state index in [0.29, 0.717) is 17.9 Å². The van der Waals surface area contributed by atoms with Gasteiger partial charge in [-0.25, -0.2) is 5.43 Å². The third-order valence-corrected chi connectivity index (χ3v) is 3.71. The molecule has 0 aromatic heterocycles. The highest BCUT2D eigenvalue weighted by molar-refractivity contribution is 9.10. The van der Waals surface area contributed by atoms with Crippen LogP contribution in [0.1, 0.15) is 36.2 Å². The number of amides is 1. The molecule has 2 aromatic carbocycles. The van der Waals surface area contributed by atoms with Gasteiger partial charge >= 0.3 is 0 Å². The molecule has 5 heteroatoms. The van der Waals surface area contributed by atoms with Gasteiger partial charge in [0.1, 0.15) is 5.75 Å². The van der Waals surface area contributed by atoms with E-state index in [4.69, 9.17) is 4.74 Å². The van der Waals surface area contributed by atoms with Crippen molar-refractivity contribution in [3.05, 3.63) is 64.1 Å². The highest BCUT2D eigenvalue weighted by atomic mass is 79.9. The first-order valence-corrected chi connectivity index (χ1v) is 8.23. The summed E-state index contributed by atoms with van der Waals surface area (Å²) in [6.07, 6.45) is 0.886. The summed E-state index contributed by atoms with van der Waals surface area (Å²) in [6.45, 7) is 4.45. The van der Waals surface area contributed by atoms with E-state index in [0.717, 1.165) is 22.2 Å². The second-order valence-corrected chi connectivity index (χ2v) is 5.91. The monoisotopic (exact) mass is 374 g/mol. The molecule has 2 rings (SSSR count). The lowest BCUT2D eigenvalue weighted by Gasteiger charge is -2.09. The zero-order valence-corrected chi connectivity index (χ0v) is 14.8. The second kappa shape index (κ2) is 8.48. The summed E-state index contributed by atoms with van der Waals surface area (Å²) in [6, 6.07) is 14.9. The number of halogens is 1. The van der Waals surface area contributed by atoms with E-state index in [1.807, 2.05) is 44.2 Å². The van der Waals surface area contributed by atoms with Gasteiger partial charge in [0.15, 0.2) is 0 Å². The number of rotatable bonds is 6. The van der Waals surface area contributed by atoms with Gasteiger partial charge in [0, 0.05) is 4.47 Å². The molecule has 2 aromatic rings. The molecule has 0 bridgehead atoms. The highest BCUT2D eigenvalue weighted by Gasteiger charge is 2.11. The van der Waals surface area contributed by atoms with Gasteiger partial charge in [0.05, 0.1) is 17.9 Å². The molecule has 0 heterocycles. The molecule has 0 atom stereocenters. The molecule has 0 aliphatic rings. The Morgan fingerprint density at radius 3 is 2.57 bits per heavy atom. The summed E-state index contributed by atoms with van der Waals surface area (Å²) in [5, 5.41) is 4.17. The minimum absolute atomic E-state index is 0.284. The van der Waals surface area contributed by atoms with Gasteiger partial charge in [-0.05, 0) is 43.2 Å². The van der Waals surface area contributed by atoms with Crippen LogP contribution in [0.5, 0.6) is 5.75 Å². The van der Waals surface area contributed by atoms with Crippen molar-refractivity contribution in [2.45, 2.75) is 20.3 Å². The number of benzene rings is 2. The zero-order valence-electron chi connectivity index (χ0n) is 13.2. The van der Waals surface area contributed by atoms with Crippen molar-refractivity contribution in [1.82, 2.24) is 5.43 Å². The fraction of sp³-hybridized carbons (Fsp3) is 0.222. The predicted octanol–water partition coefficient (Wildman–Crippen LogP) is 4.39. The Morgan fingerprint density at radius 1 is 1.17 bits per heavy atom. The van der Waals surface area contributed by atoms with E-state index in [1.54, 1.807) is 18.2 Å². The summed E-state index contributed by atoms with van der Waals surface area (Å²) in [5.74, 6) is 0.288. The molecular weight excluding hydrogens is 356 g/mol. The lowest BCUT2D eigenvalue weighted by molar-refractivity contribution is 0.0950. The van der Waals surface area contributed by atoms with Crippen LogP contribution in [0.2, 0.25) is 0 Å². The second-order valence-electron chi connectivity index (χ2n) is 4.99. The summed E-state index contributed by atoms with van der Waals surface area (Å²) < 4.78 is 6.60. The number of carbonyl (C=O) groups excluding carboxylic acids is 1. The maximum absolute atomic E-state index is 12.3. The number of para-hydroxylation sites is 1. The molecule has 0 fully saturated rings. The Kier molecular flexibility index (Phi) is 6.35. The first kappa shape index (κ1) is 17.2. The standard InChI is InChI=1S/C18H19BrN2O2/c1-3-12-23-17-7-5-4-6-16(17)18(22)21-20-13(2)14-8-10-15(19)11-9-14/h4-11H,3,12H2,1-2H3,(H,21,22). The third-order valence-electron chi connectivity index (χ3n) is 3.18. The Morgan fingerprint density at radius 2 is 1.87 bits per heavy atom. The molecule has 0 aliphatic heterocycles. The fourth-order valence-corrected chi connectivity index (χ4v) is 2.21. The van der Waals surface area contributed by atoms with E-state index < -0.39 is 0 Å². The molecular formula is C18H19BrN2O2. The van der Waals surface area contributed by atoms with Crippen LogP contribution in [0.4, 0.5) is 0 Å². The van der Waals surface area contributed by atoms with Crippen LogP contribution in [0.25, 0.3) is 0 Å². The van der Waals surface area contributed by atoms with Crippen LogP contribution in [-0.4, -0.2) is 18.2 Å². The van der Waals surface area contributed by atoms with Crippen molar-refractivity contribution >= 4 is 27.5 Å². The van der Waals surface area contributed by atoms with E-state index in [-0.39, 0.29) is 5.91 Å². The van der Waals surface area contributed by atoms with Crippen molar-refractivity contribution in [2.24, 2.45) is 5.10 Å². The van der Waals surface area contributed by atoms with Crippen molar-refractivity contribution in [2.75, 3.05) is 6.61 Å². The molecule has 23 heavy (non-hydrogen) atoms. The molecule has 120 valence electrons. The van der Waals surface area contributed by atoms with Crippen LogP contribution < -0.4 is 10.2 Å². The van der Waals surface area contributed by atoms with Gasteiger partial charge in [-0.2, -0.15) is 5.10 Å². The zero-order chi connectivity index (χ0) is 16.7. The van der Waals surface area contributed by atoms with Crippen LogP contribution in [0.3, 0.4) is 0 Å². The predicted molar refractivity (Wildman–Crippen MR) is 96.0 cm³/mol. The Bertz CT molecular complexity index is 696. The van der Waals surface area contributed by atoms with Crippen molar-refractivity contribution in [3.63, 3.8) is 0 Å². The molecule has 0 radical (unpaired) electrons. The minimum Gasteiger partial charge on any atom is -0.493 e. The van der Waals surface area contributed by atoms with Crippen LogP contribution in [-0.2, 0) is 0 Å². The van der Waals surface area contributed by atoms with E-state index in [1.165, 1.54) is 0 Å². The number of ether oxygens (including phenoxy) is 1. The van der Waals surface area contributed by atoms with Crippen LogP contribution in [0, 0.1) is 0 Å². The van der Waals surface area contributed by atoms with Gasteiger partial charge in [-0.3, -0.25) is 4.79 Å². The molecule has 0 unspecified atom stereocenters. The van der Waals surface area contributed by atoms with Gasteiger partial charge in [-0.1, -0.05) is 47.1 Å². The smallest absolute Gasteiger partial charge is 0.275 e. The lowest BCUT2D eigenvalue weighted by Crippen LogP contribution is -2.20. The maximum Gasteiger partial charge on any atom is 0.275 e. The molecule has 0 aliphatic carbocycles. The van der Waals surface area contributed by atoms with E-state index in [9.17, 15) is 4.79 Å². The highest BCUT2D eigenvalue weighted by Crippen LogP contribution is 2.18. The number of carbonyl (C=O) groups is 1. The molecule has 0 spiro atoms. The Labute approximate surface area is 144 Å². The van der Waals surface area contributed by atoms with E-state index >= 15 is 0 Å². The summed E-state index contributed by atoms with van der Waals surface area (Å²) >= 11 is 3.39.